The first-order valence-corrected chi connectivity index (χ1v) is 8.71. The van der Waals surface area contributed by atoms with Crippen molar-refractivity contribution in [1.82, 2.24) is 14.8 Å². The Hall–Kier alpha value is -1.01. The SMILES string of the molecule is Cn1c(SCc2ccc(Cl)s2)nnc1-c1ccc(Cl)cc1. The summed E-state index contributed by atoms with van der Waals surface area (Å²) in [5.74, 6) is 1.67. The topological polar surface area (TPSA) is 30.7 Å². The van der Waals surface area contributed by atoms with Crippen LogP contribution in [0.5, 0.6) is 0 Å². The Morgan fingerprint density at radius 1 is 1.10 bits per heavy atom. The van der Waals surface area contributed by atoms with E-state index >= 15 is 0 Å². The van der Waals surface area contributed by atoms with E-state index in [1.807, 2.05) is 48.0 Å². The van der Waals surface area contributed by atoms with Crippen molar-refractivity contribution in [3.63, 3.8) is 0 Å². The van der Waals surface area contributed by atoms with Crippen LogP contribution in [0.1, 0.15) is 4.88 Å². The number of benzene rings is 1. The van der Waals surface area contributed by atoms with Crippen molar-refractivity contribution in [3.8, 4) is 11.4 Å². The third-order valence-corrected chi connectivity index (χ3v) is 5.64. The Kier molecular flexibility index (Phi) is 4.54. The van der Waals surface area contributed by atoms with Crippen molar-refractivity contribution < 1.29 is 0 Å². The monoisotopic (exact) mass is 355 g/mol. The molecular formula is C14H11Cl2N3S2. The van der Waals surface area contributed by atoms with Gasteiger partial charge in [0.25, 0.3) is 0 Å². The van der Waals surface area contributed by atoms with Gasteiger partial charge in [0.1, 0.15) is 0 Å². The Labute approximate surface area is 140 Å². The van der Waals surface area contributed by atoms with E-state index in [2.05, 4.69) is 10.2 Å². The van der Waals surface area contributed by atoms with Crippen LogP contribution in [0.25, 0.3) is 11.4 Å². The maximum absolute atomic E-state index is 5.94. The average molecular weight is 356 g/mol. The molecule has 0 atom stereocenters. The molecular weight excluding hydrogens is 345 g/mol. The molecule has 0 aliphatic carbocycles. The number of hydrogen-bond acceptors (Lipinski definition) is 4. The quantitative estimate of drug-likeness (QED) is 0.606. The van der Waals surface area contributed by atoms with Gasteiger partial charge in [0.05, 0.1) is 4.34 Å². The fraction of sp³-hybridized carbons (Fsp3) is 0.143. The van der Waals surface area contributed by atoms with Gasteiger partial charge in [-0.25, -0.2) is 0 Å². The second-order valence-electron chi connectivity index (χ2n) is 4.37. The minimum absolute atomic E-state index is 0.713. The summed E-state index contributed by atoms with van der Waals surface area (Å²) in [5.41, 5.74) is 1.00. The number of nitrogens with zero attached hydrogens (tertiary/aromatic N) is 3. The van der Waals surface area contributed by atoms with Crippen LogP contribution in [0.4, 0.5) is 0 Å². The lowest BCUT2D eigenvalue weighted by molar-refractivity contribution is 0.794. The summed E-state index contributed by atoms with van der Waals surface area (Å²) in [4.78, 5) is 1.22. The summed E-state index contributed by atoms with van der Waals surface area (Å²) in [6.07, 6.45) is 0. The molecule has 3 aromatic rings. The molecule has 3 rings (SSSR count). The molecule has 0 radical (unpaired) electrons. The summed E-state index contributed by atoms with van der Waals surface area (Å²) >= 11 is 15.1. The molecule has 108 valence electrons. The maximum atomic E-state index is 5.94. The number of hydrogen-bond donors (Lipinski definition) is 0. The summed E-state index contributed by atoms with van der Waals surface area (Å²) in [6, 6.07) is 11.5. The average Bonchev–Trinajstić information content (AvgIpc) is 3.04. The van der Waals surface area contributed by atoms with E-state index in [0.717, 1.165) is 26.6 Å². The molecule has 21 heavy (non-hydrogen) atoms. The number of thiophene rings is 1. The highest BCUT2D eigenvalue weighted by atomic mass is 35.5. The van der Waals surface area contributed by atoms with Crippen LogP contribution in [0, 0.1) is 0 Å². The van der Waals surface area contributed by atoms with Gasteiger partial charge in [-0.05, 0) is 36.4 Å². The number of aromatic nitrogens is 3. The molecule has 0 bridgehead atoms. The van der Waals surface area contributed by atoms with E-state index in [1.165, 1.54) is 4.88 Å². The summed E-state index contributed by atoms with van der Waals surface area (Å²) in [6.45, 7) is 0. The molecule has 0 amide bonds. The van der Waals surface area contributed by atoms with E-state index in [1.54, 1.807) is 23.1 Å². The van der Waals surface area contributed by atoms with Gasteiger partial charge in [-0.2, -0.15) is 0 Å². The highest BCUT2D eigenvalue weighted by molar-refractivity contribution is 7.98. The first-order valence-electron chi connectivity index (χ1n) is 6.16. The third kappa shape index (κ3) is 3.43. The minimum Gasteiger partial charge on any atom is -0.305 e. The number of rotatable bonds is 4. The first-order chi connectivity index (χ1) is 10.1. The Morgan fingerprint density at radius 3 is 2.52 bits per heavy atom. The normalized spacial score (nSPS) is 11.0. The van der Waals surface area contributed by atoms with E-state index < -0.39 is 0 Å². The maximum Gasteiger partial charge on any atom is 0.191 e. The van der Waals surface area contributed by atoms with Gasteiger partial charge < -0.3 is 4.57 Å². The Morgan fingerprint density at radius 2 is 1.86 bits per heavy atom. The molecule has 0 aliphatic heterocycles. The molecule has 3 nitrogen and oxygen atoms in total. The van der Waals surface area contributed by atoms with Crippen LogP contribution < -0.4 is 0 Å². The van der Waals surface area contributed by atoms with Crippen molar-refractivity contribution in [2.45, 2.75) is 10.9 Å². The summed E-state index contributed by atoms with van der Waals surface area (Å²) in [7, 11) is 1.97. The zero-order valence-corrected chi connectivity index (χ0v) is 14.2. The molecule has 0 unspecified atom stereocenters. The lowest BCUT2D eigenvalue weighted by atomic mass is 10.2. The zero-order chi connectivity index (χ0) is 14.8. The fourth-order valence-electron chi connectivity index (χ4n) is 1.86. The van der Waals surface area contributed by atoms with Crippen molar-refractivity contribution in [2.75, 3.05) is 0 Å². The molecule has 1 aromatic carbocycles. The molecule has 2 heterocycles. The van der Waals surface area contributed by atoms with Crippen LogP contribution in [-0.2, 0) is 12.8 Å². The number of thioether (sulfide) groups is 1. The summed E-state index contributed by atoms with van der Waals surface area (Å²) < 4.78 is 2.80. The Bertz CT molecular complexity index is 750. The molecule has 2 aromatic heterocycles. The van der Waals surface area contributed by atoms with Crippen molar-refractivity contribution in [3.05, 3.63) is 50.6 Å². The molecule has 0 saturated carbocycles. The first kappa shape index (κ1) is 14.9. The van der Waals surface area contributed by atoms with Gasteiger partial charge in [-0.15, -0.1) is 21.5 Å². The molecule has 0 aliphatic rings. The van der Waals surface area contributed by atoms with Crippen LogP contribution in [0.15, 0.2) is 41.6 Å². The van der Waals surface area contributed by atoms with E-state index in [0.29, 0.717) is 5.02 Å². The fourth-order valence-corrected chi connectivity index (χ4v) is 4.02. The van der Waals surface area contributed by atoms with Crippen LogP contribution in [0.3, 0.4) is 0 Å². The van der Waals surface area contributed by atoms with E-state index in [4.69, 9.17) is 23.2 Å². The third-order valence-electron chi connectivity index (χ3n) is 2.91. The van der Waals surface area contributed by atoms with E-state index in [9.17, 15) is 0 Å². The predicted molar refractivity (Wildman–Crippen MR) is 90.3 cm³/mol. The zero-order valence-electron chi connectivity index (χ0n) is 11.1. The van der Waals surface area contributed by atoms with Crippen molar-refractivity contribution in [2.24, 2.45) is 7.05 Å². The van der Waals surface area contributed by atoms with Gasteiger partial charge in [0, 0.05) is 28.3 Å². The van der Waals surface area contributed by atoms with E-state index in [-0.39, 0.29) is 0 Å². The predicted octanol–water partition coefficient (Wildman–Crippen LogP) is 5.14. The molecule has 7 heteroatoms. The lowest BCUT2D eigenvalue weighted by Crippen LogP contribution is -1.94. The van der Waals surface area contributed by atoms with Gasteiger partial charge >= 0.3 is 0 Å². The largest absolute Gasteiger partial charge is 0.305 e. The lowest BCUT2D eigenvalue weighted by Gasteiger charge is -2.03. The smallest absolute Gasteiger partial charge is 0.191 e. The molecule has 0 spiro atoms. The summed E-state index contributed by atoms with van der Waals surface area (Å²) in [5, 5.41) is 10.1. The van der Waals surface area contributed by atoms with Crippen molar-refractivity contribution in [1.29, 1.82) is 0 Å². The minimum atomic E-state index is 0.713. The highest BCUT2D eigenvalue weighted by Gasteiger charge is 2.11. The standard InChI is InChI=1S/C14H11Cl2N3S2/c1-19-13(9-2-4-10(15)5-3-9)17-18-14(19)20-8-11-6-7-12(16)21-11/h2-7H,8H2,1H3. The van der Waals surface area contributed by atoms with Crippen LogP contribution in [0.2, 0.25) is 9.36 Å². The number of halogens is 2. The van der Waals surface area contributed by atoms with Crippen molar-refractivity contribution >= 4 is 46.3 Å². The highest BCUT2D eigenvalue weighted by Crippen LogP contribution is 2.29. The van der Waals surface area contributed by atoms with Crippen LogP contribution in [-0.4, -0.2) is 14.8 Å². The second-order valence-corrected chi connectivity index (χ2v) is 7.55. The molecule has 0 fully saturated rings. The Balaban J connectivity index is 1.77. The van der Waals surface area contributed by atoms with Gasteiger partial charge in [-0.1, -0.05) is 35.0 Å². The molecule has 0 saturated heterocycles. The van der Waals surface area contributed by atoms with Gasteiger partial charge in [0.15, 0.2) is 11.0 Å². The van der Waals surface area contributed by atoms with Gasteiger partial charge in [0.2, 0.25) is 0 Å². The molecule has 0 N–H and O–H groups in total. The second kappa shape index (κ2) is 6.40. The van der Waals surface area contributed by atoms with Gasteiger partial charge in [-0.3, -0.25) is 0 Å². The van der Waals surface area contributed by atoms with Crippen LogP contribution >= 0.6 is 46.3 Å².